The minimum Gasteiger partial charge on any atom is -0.360 e. The number of aromatic nitrogens is 2. The summed E-state index contributed by atoms with van der Waals surface area (Å²) in [5, 5.41) is 9.93. The molecule has 0 saturated carbocycles. The number of alkyl halides is 3. The maximum absolute atomic E-state index is 13.5. The van der Waals surface area contributed by atoms with Gasteiger partial charge in [-0.15, -0.1) is 0 Å². The SMILES string of the molecule is O=C(NCc1ccc(CNC(=O)c2cc(-c3c[nH]c4ccc(Br)cc34)nc3ccccc23)cc1)Nc1ccc(C(F)(F)F)cc1. The van der Waals surface area contributed by atoms with Crippen molar-refractivity contribution in [1.29, 1.82) is 0 Å². The summed E-state index contributed by atoms with van der Waals surface area (Å²) in [5.41, 5.74) is 4.89. The van der Waals surface area contributed by atoms with E-state index in [1.54, 1.807) is 0 Å². The number of pyridine rings is 1. The molecule has 0 aliphatic heterocycles. The first kappa shape index (κ1) is 29.9. The van der Waals surface area contributed by atoms with Crippen molar-refractivity contribution in [2.75, 3.05) is 5.32 Å². The van der Waals surface area contributed by atoms with Crippen LogP contribution in [0.1, 0.15) is 27.0 Å². The van der Waals surface area contributed by atoms with Crippen LogP contribution in [0.4, 0.5) is 23.7 Å². The van der Waals surface area contributed by atoms with Crippen molar-refractivity contribution < 1.29 is 22.8 Å². The molecule has 226 valence electrons. The average Bonchev–Trinajstić information content (AvgIpc) is 3.45. The quantitative estimate of drug-likeness (QED) is 0.137. The summed E-state index contributed by atoms with van der Waals surface area (Å²) in [5.74, 6) is -0.235. The van der Waals surface area contributed by atoms with Gasteiger partial charge in [0.15, 0.2) is 0 Å². The summed E-state index contributed by atoms with van der Waals surface area (Å²) in [6.07, 6.45) is -2.55. The van der Waals surface area contributed by atoms with Gasteiger partial charge in [-0.1, -0.05) is 58.4 Å². The van der Waals surface area contributed by atoms with Crippen LogP contribution in [0.2, 0.25) is 0 Å². The smallest absolute Gasteiger partial charge is 0.360 e. The predicted octanol–water partition coefficient (Wildman–Crippen LogP) is 8.42. The second-order valence-electron chi connectivity index (χ2n) is 10.3. The molecule has 0 bridgehead atoms. The highest BCUT2D eigenvalue weighted by Gasteiger charge is 2.30. The van der Waals surface area contributed by atoms with E-state index < -0.39 is 17.8 Å². The fraction of sp³-hybridized carbons (Fsp3) is 0.0882. The van der Waals surface area contributed by atoms with E-state index in [4.69, 9.17) is 4.98 Å². The monoisotopic (exact) mass is 671 g/mol. The van der Waals surface area contributed by atoms with Crippen molar-refractivity contribution >= 4 is 55.4 Å². The van der Waals surface area contributed by atoms with Gasteiger partial charge in [0.1, 0.15) is 0 Å². The van der Waals surface area contributed by atoms with Crippen LogP contribution in [0, 0.1) is 0 Å². The molecule has 0 aliphatic rings. The standard InChI is InChI=1S/C34H25BrF3N5O2/c35-23-11-14-29-26(15-23)28(19-39-29)31-16-27(25-3-1-2-4-30(25)43-31)32(44)40-17-20-5-7-21(8-6-20)18-41-33(45)42-24-12-9-22(10-13-24)34(36,37)38/h1-16,19,39H,17-18H2,(H,40,44)(H2,41,42,45). The van der Waals surface area contributed by atoms with Crippen LogP contribution in [0.3, 0.4) is 0 Å². The number of amides is 3. The highest BCUT2D eigenvalue weighted by atomic mass is 79.9. The van der Waals surface area contributed by atoms with Crippen LogP contribution in [0.15, 0.2) is 108 Å². The third kappa shape index (κ3) is 6.83. The van der Waals surface area contributed by atoms with Gasteiger partial charge in [-0.3, -0.25) is 4.79 Å². The molecule has 0 aliphatic carbocycles. The number of rotatable bonds is 7. The van der Waals surface area contributed by atoms with Crippen LogP contribution >= 0.6 is 15.9 Å². The van der Waals surface area contributed by atoms with E-state index in [1.807, 2.05) is 79.0 Å². The molecule has 2 heterocycles. The molecule has 11 heteroatoms. The van der Waals surface area contributed by atoms with Gasteiger partial charge in [0.05, 0.1) is 22.3 Å². The largest absolute Gasteiger partial charge is 0.416 e. The fourth-order valence-electron chi connectivity index (χ4n) is 4.96. The van der Waals surface area contributed by atoms with Gasteiger partial charge in [0, 0.05) is 51.3 Å². The molecule has 0 fully saturated rings. The Morgan fingerprint density at radius 2 is 1.49 bits per heavy atom. The zero-order valence-electron chi connectivity index (χ0n) is 23.5. The topological polar surface area (TPSA) is 98.9 Å². The molecule has 6 aromatic rings. The number of anilines is 1. The molecule has 0 spiro atoms. The minimum absolute atomic E-state index is 0.204. The van der Waals surface area contributed by atoms with Gasteiger partial charge in [0.2, 0.25) is 0 Å². The van der Waals surface area contributed by atoms with E-state index in [0.717, 1.165) is 49.6 Å². The molecule has 0 atom stereocenters. The summed E-state index contributed by atoms with van der Waals surface area (Å²) in [6, 6.07) is 26.3. The molecule has 7 nitrogen and oxygen atoms in total. The van der Waals surface area contributed by atoms with E-state index in [1.165, 1.54) is 12.1 Å². The number of aromatic amines is 1. The lowest BCUT2D eigenvalue weighted by Crippen LogP contribution is -2.28. The zero-order chi connectivity index (χ0) is 31.6. The first-order valence-corrected chi connectivity index (χ1v) is 14.7. The number of para-hydroxylation sites is 1. The van der Waals surface area contributed by atoms with Crippen molar-refractivity contribution in [1.82, 2.24) is 20.6 Å². The number of nitrogens with zero attached hydrogens (tertiary/aromatic N) is 1. The molecule has 3 amide bonds. The summed E-state index contributed by atoms with van der Waals surface area (Å²) >= 11 is 3.53. The summed E-state index contributed by atoms with van der Waals surface area (Å²) in [6.45, 7) is 0.488. The number of benzene rings is 4. The Labute approximate surface area is 264 Å². The molecule has 0 radical (unpaired) electrons. The van der Waals surface area contributed by atoms with E-state index in [-0.39, 0.29) is 24.7 Å². The van der Waals surface area contributed by atoms with E-state index in [0.29, 0.717) is 16.8 Å². The first-order chi connectivity index (χ1) is 21.6. The maximum Gasteiger partial charge on any atom is 0.416 e. The van der Waals surface area contributed by atoms with E-state index in [2.05, 4.69) is 36.9 Å². The molecule has 4 aromatic carbocycles. The van der Waals surface area contributed by atoms with E-state index >= 15 is 0 Å². The number of carbonyl (C=O) groups excluding carboxylic acids is 2. The van der Waals surface area contributed by atoms with Crippen molar-refractivity contribution in [2.45, 2.75) is 19.3 Å². The zero-order valence-corrected chi connectivity index (χ0v) is 25.1. The van der Waals surface area contributed by atoms with Gasteiger partial charge < -0.3 is 20.9 Å². The van der Waals surface area contributed by atoms with Crippen LogP contribution in [-0.4, -0.2) is 21.9 Å². The predicted molar refractivity (Wildman–Crippen MR) is 172 cm³/mol. The summed E-state index contributed by atoms with van der Waals surface area (Å²) in [4.78, 5) is 33.8. The molecular weight excluding hydrogens is 647 g/mol. The normalized spacial score (nSPS) is 11.5. The lowest BCUT2D eigenvalue weighted by atomic mass is 10.0. The molecule has 6 rings (SSSR count). The molecule has 2 aromatic heterocycles. The fourth-order valence-corrected chi connectivity index (χ4v) is 5.32. The Hall–Kier alpha value is -5.16. The number of hydrogen-bond acceptors (Lipinski definition) is 3. The number of fused-ring (bicyclic) bond motifs is 2. The lowest BCUT2D eigenvalue weighted by Gasteiger charge is -2.11. The number of H-pyrrole nitrogens is 1. The highest BCUT2D eigenvalue weighted by Crippen LogP contribution is 2.32. The minimum atomic E-state index is -4.44. The van der Waals surface area contributed by atoms with Crippen molar-refractivity contribution in [3.05, 3.63) is 130 Å². The van der Waals surface area contributed by atoms with Gasteiger partial charge in [-0.2, -0.15) is 13.2 Å². The number of hydrogen-bond donors (Lipinski definition) is 4. The van der Waals surface area contributed by atoms with Crippen LogP contribution in [-0.2, 0) is 19.3 Å². The third-order valence-corrected chi connectivity index (χ3v) is 7.77. The van der Waals surface area contributed by atoms with Crippen LogP contribution < -0.4 is 16.0 Å². The molecular formula is C34H25BrF3N5O2. The van der Waals surface area contributed by atoms with Crippen molar-refractivity contribution in [3.63, 3.8) is 0 Å². The Morgan fingerprint density at radius 3 is 2.20 bits per heavy atom. The molecule has 45 heavy (non-hydrogen) atoms. The number of nitrogens with one attached hydrogen (secondary N) is 4. The summed E-state index contributed by atoms with van der Waals surface area (Å²) in [7, 11) is 0. The van der Waals surface area contributed by atoms with Crippen LogP contribution in [0.5, 0.6) is 0 Å². The number of carbonyl (C=O) groups is 2. The average molecular weight is 673 g/mol. The third-order valence-electron chi connectivity index (χ3n) is 7.28. The summed E-state index contributed by atoms with van der Waals surface area (Å²) < 4.78 is 39.1. The molecule has 0 unspecified atom stereocenters. The van der Waals surface area contributed by atoms with Crippen LogP contribution in [0.25, 0.3) is 33.1 Å². The number of halogens is 4. The number of urea groups is 1. The lowest BCUT2D eigenvalue weighted by molar-refractivity contribution is -0.137. The molecule has 0 saturated heterocycles. The second kappa shape index (κ2) is 12.4. The Kier molecular flexibility index (Phi) is 8.27. The van der Waals surface area contributed by atoms with Crippen molar-refractivity contribution in [2.24, 2.45) is 0 Å². The maximum atomic E-state index is 13.5. The Balaban J connectivity index is 1.09. The Morgan fingerprint density at radius 1 is 0.800 bits per heavy atom. The first-order valence-electron chi connectivity index (χ1n) is 13.9. The van der Waals surface area contributed by atoms with E-state index in [9.17, 15) is 22.8 Å². The van der Waals surface area contributed by atoms with Gasteiger partial charge in [-0.25, -0.2) is 9.78 Å². The highest BCUT2D eigenvalue weighted by molar-refractivity contribution is 9.10. The van der Waals surface area contributed by atoms with Gasteiger partial charge in [-0.05, 0) is 65.7 Å². The molecule has 4 N–H and O–H groups in total. The Bertz CT molecular complexity index is 2020. The van der Waals surface area contributed by atoms with Crippen molar-refractivity contribution in [3.8, 4) is 11.3 Å². The van der Waals surface area contributed by atoms with Gasteiger partial charge in [0.25, 0.3) is 5.91 Å². The van der Waals surface area contributed by atoms with Gasteiger partial charge >= 0.3 is 12.2 Å². The second-order valence-corrected chi connectivity index (χ2v) is 11.3.